The fourth-order valence-electron chi connectivity index (χ4n) is 2.05. The third-order valence-corrected chi connectivity index (χ3v) is 4.15. The van der Waals surface area contributed by atoms with Gasteiger partial charge < -0.3 is 4.74 Å². The molecule has 3 rings (SSSR count). The molecule has 1 unspecified atom stereocenters. The first-order valence-electron chi connectivity index (χ1n) is 6.12. The molecule has 19 heavy (non-hydrogen) atoms. The first kappa shape index (κ1) is 12.2. The quantitative estimate of drug-likeness (QED) is 0.788. The van der Waals surface area contributed by atoms with Crippen LogP contribution in [0.5, 0.6) is 0 Å². The van der Waals surface area contributed by atoms with E-state index in [1.54, 1.807) is 18.4 Å². The van der Waals surface area contributed by atoms with Gasteiger partial charge in [0, 0.05) is 6.20 Å². The van der Waals surface area contributed by atoms with Crippen molar-refractivity contribution in [3.8, 4) is 0 Å². The molecule has 4 nitrogen and oxygen atoms in total. The van der Waals surface area contributed by atoms with Crippen LogP contribution in [-0.2, 0) is 4.74 Å². The lowest BCUT2D eigenvalue weighted by atomic mass is 10.1. The number of fused-ring (bicyclic) bond motifs is 1. The second kappa shape index (κ2) is 4.66. The Morgan fingerprint density at radius 3 is 2.95 bits per heavy atom. The molecular formula is C14H15N3OS. The van der Waals surface area contributed by atoms with Crippen molar-refractivity contribution in [2.75, 3.05) is 7.11 Å². The Labute approximate surface area is 116 Å². The Morgan fingerprint density at radius 1 is 1.42 bits per heavy atom. The van der Waals surface area contributed by atoms with Crippen LogP contribution in [0.4, 0.5) is 0 Å². The van der Waals surface area contributed by atoms with E-state index < -0.39 is 0 Å². The lowest BCUT2D eigenvalue weighted by molar-refractivity contribution is 0.405. The first-order chi connectivity index (χ1) is 9.20. The summed E-state index contributed by atoms with van der Waals surface area (Å²) in [6.07, 6.45) is 3.95. The summed E-state index contributed by atoms with van der Waals surface area (Å²) in [5, 5.41) is 2.06. The fourth-order valence-corrected chi connectivity index (χ4v) is 2.79. The molecule has 0 N–H and O–H groups in total. The van der Waals surface area contributed by atoms with Gasteiger partial charge in [-0.05, 0) is 30.9 Å². The van der Waals surface area contributed by atoms with Gasteiger partial charge in [0.05, 0.1) is 29.9 Å². The standard InChI is InChI=1S/C14H15N3OS/c1-9-8-17-11(12-5-4-6-19-12)7-15-14(18-3)13(17)16-10(9)2/h4-8,10H,1-3H3. The molecule has 0 aliphatic carbocycles. The highest BCUT2D eigenvalue weighted by atomic mass is 32.1. The minimum Gasteiger partial charge on any atom is -0.478 e. The maximum atomic E-state index is 5.32. The minimum atomic E-state index is 0.161. The van der Waals surface area contributed by atoms with Crippen LogP contribution in [0, 0.1) is 0 Å². The normalized spacial score (nSPS) is 22.1. The molecule has 2 aliphatic rings. The van der Waals surface area contributed by atoms with Crippen LogP contribution in [0.3, 0.4) is 0 Å². The van der Waals surface area contributed by atoms with Crippen LogP contribution in [0.15, 0.2) is 45.5 Å². The van der Waals surface area contributed by atoms with Crippen LogP contribution in [0.2, 0.25) is 0 Å². The number of amidine groups is 1. The van der Waals surface area contributed by atoms with Gasteiger partial charge in [-0.2, -0.15) is 0 Å². The van der Waals surface area contributed by atoms with Crippen molar-refractivity contribution in [1.82, 2.24) is 4.90 Å². The largest absolute Gasteiger partial charge is 0.478 e. The zero-order valence-corrected chi connectivity index (χ0v) is 11.9. The monoisotopic (exact) mass is 273 g/mol. The van der Waals surface area contributed by atoms with E-state index in [2.05, 4.69) is 46.4 Å². The van der Waals surface area contributed by atoms with E-state index in [4.69, 9.17) is 4.74 Å². The molecule has 0 aromatic carbocycles. The summed E-state index contributed by atoms with van der Waals surface area (Å²) in [6.45, 7) is 4.17. The van der Waals surface area contributed by atoms with Crippen molar-refractivity contribution in [3.05, 3.63) is 40.4 Å². The van der Waals surface area contributed by atoms with Gasteiger partial charge in [0.2, 0.25) is 0 Å². The molecule has 0 fully saturated rings. The molecule has 0 radical (unpaired) electrons. The third-order valence-electron chi connectivity index (χ3n) is 3.26. The van der Waals surface area contributed by atoms with E-state index in [0.717, 1.165) is 11.5 Å². The second-order valence-corrected chi connectivity index (χ2v) is 5.45. The van der Waals surface area contributed by atoms with Gasteiger partial charge in [-0.15, -0.1) is 11.3 Å². The number of aliphatic imine (C=N–C) groups is 2. The molecule has 0 saturated heterocycles. The van der Waals surface area contributed by atoms with Crippen LogP contribution < -0.4 is 0 Å². The van der Waals surface area contributed by atoms with Gasteiger partial charge in [0.25, 0.3) is 5.90 Å². The van der Waals surface area contributed by atoms with Gasteiger partial charge >= 0.3 is 0 Å². The van der Waals surface area contributed by atoms with Gasteiger partial charge in [-0.3, -0.25) is 9.89 Å². The summed E-state index contributed by atoms with van der Waals surface area (Å²) in [5.41, 5.74) is 2.27. The molecule has 98 valence electrons. The Kier molecular flexibility index (Phi) is 2.98. The van der Waals surface area contributed by atoms with Gasteiger partial charge in [0.1, 0.15) is 0 Å². The molecule has 0 spiro atoms. The highest BCUT2D eigenvalue weighted by Gasteiger charge is 2.29. The molecule has 3 heterocycles. The van der Waals surface area contributed by atoms with Crippen molar-refractivity contribution >= 4 is 28.8 Å². The molecule has 1 aromatic rings. The van der Waals surface area contributed by atoms with Crippen LogP contribution in [0.1, 0.15) is 18.7 Å². The summed E-state index contributed by atoms with van der Waals surface area (Å²) < 4.78 is 5.32. The predicted octanol–water partition coefficient (Wildman–Crippen LogP) is 3.11. The predicted molar refractivity (Wildman–Crippen MR) is 79.2 cm³/mol. The Hall–Kier alpha value is -1.88. The number of hydrogen-bond donors (Lipinski definition) is 0. The summed E-state index contributed by atoms with van der Waals surface area (Å²) in [7, 11) is 1.62. The number of nitrogens with zero attached hydrogens (tertiary/aromatic N) is 3. The van der Waals surface area contributed by atoms with Crippen molar-refractivity contribution in [2.45, 2.75) is 19.9 Å². The molecule has 1 aromatic heterocycles. The molecule has 0 saturated carbocycles. The van der Waals surface area contributed by atoms with E-state index in [0.29, 0.717) is 5.90 Å². The van der Waals surface area contributed by atoms with Gasteiger partial charge in [0.15, 0.2) is 5.84 Å². The number of rotatable bonds is 1. The smallest absolute Gasteiger partial charge is 0.257 e. The fraction of sp³-hybridized carbons (Fsp3) is 0.286. The van der Waals surface area contributed by atoms with Crippen LogP contribution in [0.25, 0.3) is 5.70 Å². The van der Waals surface area contributed by atoms with Crippen molar-refractivity contribution in [3.63, 3.8) is 0 Å². The zero-order valence-electron chi connectivity index (χ0n) is 11.1. The zero-order chi connectivity index (χ0) is 13.4. The Morgan fingerprint density at radius 2 is 2.26 bits per heavy atom. The molecule has 0 bridgehead atoms. The van der Waals surface area contributed by atoms with Crippen molar-refractivity contribution in [1.29, 1.82) is 0 Å². The maximum absolute atomic E-state index is 5.32. The number of hydrogen-bond acceptors (Lipinski definition) is 5. The summed E-state index contributed by atoms with van der Waals surface area (Å²) in [4.78, 5) is 12.3. The highest BCUT2D eigenvalue weighted by Crippen LogP contribution is 2.31. The average Bonchev–Trinajstić information content (AvgIpc) is 2.93. The third kappa shape index (κ3) is 2.00. The summed E-state index contributed by atoms with van der Waals surface area (Å²) in [6, 6.07) is 4.29. The molecular weight excluding hydrogens is 258 g/mol. The Bertz CT molecular complexity index is 611. The number of thiophene rings is 1. The van der Waals surface area contributed by atoms with Crippen LogP contribution in [-0.4, -0.2) is 29.8 Å². The Balaban J connectivity index is 2.10. The van der Waals surface area contributed by atoms with Crippen LogP contribution >= 0.6 is 11.3 Å². The molecule has 5 heteroatoms. The maximum Gasteiger partial charge on any atom is 0.257 e. The van der Waals surface area contributed by atoms with E-state index in [-0.39, 0.29) is 6.04 Å². The first-order valence-corrected chi connectivity index (χ1v) is 7.00. The summed E-state index contributed by atoms with van der Waals surface area (Å²) in [5.74, 6) is 1.35. The van der Waals surface area contributed by atoms with Gasteiger partial charge in [-0.25, -0.2) is 4.99 Å². The number of methoxy groups -OCH3 is 1. The molecule has 0 amide bonds. The van der Waals surface area contributed by atoms with Crippen molar-refractivity contribution in [2.24, 2.45) is 9.98 Å². The molecule has 1 atom stereocenters. The van der Waals surface area contributed by atoms with E-state index in [1.165, 1.54) is 10.5 Å². The second-order valence-electron chi connectivity index (χ2n) is 4.50. The summed E-state index contributed by atoms with van der Waals surface area (Å²) >= 11 is 1.69. The molecule has 2 aliphatic heterocycles. The number of ether oxygens (including phenoxy) is 1. The highest BCUT2D eigenvalue weighted by molar-refractivity contribution is 7.11. The SMILES string of the molecule is COC1=NC=C(c2cccs2)N2C=C(C)C(C)N=C12. The average molecular weight is 273 g/mol. The van der Waals surface area contributed by atoms with E-state index >= 15 is 0 Å². The topological polar surface area (TPSA) is 37.2 Å². The van der Waals surface area contributed by atoms with Crippen molar-refractivity contribution < 1.29 is 4.74 Å². The lowest BCUT2D eigenvalue weighted by Gasteiger charge is -2.32. The minimum absolute atomic E-state index is 0.161. The van der Waals surface area contributed by atoms with E-state index in [1.807, 2.05) is 12.3 Å². The van der Waals surface area contributed by atoms with E-state index in [9.17, 15) is 0 Å². The van der Waals surface area contributed by atoms with Gasteiger partial charge in [-0.1, -0.05) is 6.07 Å². The lowest BCUT2D eigenvalue weighted by Crippen LogP contribution is -2.38.